The van der Waals surface area contributed by atoms with E-state index in [1.54, 1.807) is 17.2 Å². The number of pyridine rings is 1. The maximum atomic E-state index is 11.7. The van der Waals surface area contributed by atoms with Crippen LogP contribution >= 0.6 is 0 Å². The molecule has 18 heavy (non-hydrogen) atoms. The zero-order valence-corrected chi connectivity index (χ0v) is 10.6. The van der Waals surface area contributed by atoms with Crippen molar-refractivity contribution in [2.24, 2.45) is 11.1 Å². The van der Waals surface area contributed by atoms with Gasteiger partial charge in [-0.3, -0.25) is 9.78 Å². The van der Waals surface area contributed by atoms with Gasteiger partial charge in [-0.15, -0.1) is 0 Å². The van der Waals surface area contributed by atoms with Gasteiger partial charge in [-0.2, -0.15) is 0 Å². The summed E-state index contributed by atoms with van der Waals surface area (Å²) in [4.78, 5) is 17.5. The minimum absolute atomic E-state index is 0.0469. The molecule has 0 spiro atoms. The van der Waals surface area contributed by atoms with E-state index in [1.807, 2.05) is 12.1 Å². The molecule has 2 heterocycles. The number of likely N-dealkylation sites (tertiary alicyclic amines) is 1. The molecule has 1 aromatic rings. The molecule has 0 aromatic carbocycles. The second kappa shape index (κ2) is 5.03. The predicted octanol–water partition coefficient (Wildman–Crippen LogP) is -0.281. The molecule has 0 radical (unpaired) electrons. The van der Waals surface area contributed by atoms with Crippen molar-refractivity contribution in [1.29, 1.82) is 0 Å². The highest BCUT2D eigenvalue weighted by atomic mass is 32.2. The summed E-state index contributed by atoms with van der Waals surface area (Å²) in [6.07, 6.45) is 1.90. The first-order valence-corrected chi connectivity index (χ1v) is 7.34. The van der Waals surface area contributed by atoms with E-state index in [0.29, 0.717) is 13.1 Å². The number of primary sulfonamides is 1. The van der Waals surface area contributed by atoms with Crippen LogP contribution in [0.15, 0.2) is 24.4 Å². The lowest BCUT2D eigenvalue weighted by Gasteiger charge is -2.15. The third kappa shape index (κ3) is 3.51. The van der Waals surface area contributed by atoms with Crippen LogP contribution in [0.3, 0.4) is 0 Å². The van der Waals surface area contributed by atoms with E-state index in [0.717, 1.165) is 5.69 Å². The van der Waals surface area contributed by atoms with E-state index in [4.69, 9.17) is 5.14 Å². The Morgan fingerprint density at radius 1 is 1.44 bits per heavy atom. The Morgan fingerprint density at radius 2 is 2.22 bits per heavy atom. The zero-order valence-electron chi connectivity index (χ0n) is 9.82. The van der Waals surface area contributed by atoms with Crippen LogP contribution in [-0.2, 0) is 21.4 Å². The first kappa shape index (κ1) is 13.0. The Balaban J connectivity index is 1.98. The summed E-state index contributed by atoms with van der Waals surface area (Å²) in [5, 5.41) is 4.99. The Bertz CT molecular complexity index is 530. The van der Waals surface area contributed by atoms with Gasteiger partial charge in [0.05, 0.1) is 18.0 Å². The highest BCUT2D eigenvalue weighted by Gasteiger charge is 2.31. The van der Waals surface area contributed by atoms with Crippen LogP contribution in [0.2, 0.25) is 0 Å². The Kier molecular flexibility index (Phi) is 3.63. The number of sulfonamides is 1. The van der Waals surface area contributed by atoms with Gasteiger partial charge in [0.15, 0.2) is 0 Å². The quantitative estimate of drug-likeness (QED) is 0.813. The molecule has 2 N–H and O–H groups in total. The fourth-order valence-corrected chi connectivity index (χ4v) is 3.01. The number of carbonyl (C=O) groups is 1. The van der Waals surface area contributed by atoms with Gasteiger partial charge < -0.3 is 4.90 Å². The zero-order chi connectivity index (χ0) is 13.2. The van der Waals surface area contributed by atoms with Gasteiger partial charge in [-0.25, -0.2) is 13.6 Å². The van der Waals surface area contributed by atoms with Crippen molar-refractivity contribution in [3.05, 3.63) is 30.1 Å². The van der Waals surface area contributed by atoms with Crippen molar-refractivity contribution in [1.82, 2.24) is 9.88 Å². The molecule has 2 rings (SSSR count). The average molecular weight is 269 g/mol. The summed E-state index contributed by atoms with van der Waals surface area (Å²) >= 11 is 0. The second-order valence-electron chi connectivity index (χ2n) is 4.50. The summed E-state index contributed by atoms with van der Waals surface area (Å²) in [6, 6.07) is 5.49. The SMILES string of the molecule is NS(=O)(=O)CC1CC(=O)N(Cc2ccccn2)C1. The van der Waals surface area contributed by atoms with Crippen LogP contribution in [0.1, 0.15) is 12.1 Å². The largest absolute Gasteiger partial charge is 0.336 e. The smallest absolute Gasteiger partial charge is 0.223 e. The van der Waals surface area contributed by atoms with Crippen molar-refractivity contribution in [3.8, 4) is 0 Å². The third-order valence-electron chi connectivity index (χ3n) is 2.84. The van der Waals surface area contributed by atoms with E-state index in [-0.39, 0.29) is 24.0 Å². The molecule has 1 saturated heterocycles. The molecule has 1 fully saturated rings. The molecule has 0 bridgehead atoms. The van der Waals surface area contributed by atoms with E-state index >= 15 is 0 Å². The van der Waals surface area contributed by atoms with Gasteiger partial charge in [0.1, 0.15) is 0 Å². The van der Waals surface area contributed by atoms with Crippen LogP contribution in [0.4, 0.5) is 0 Å². The van der Waals surface area contributed by atoms with E-state index in [2.05, 4.69) is 4.98 Å². The van der Waals surface area contributed by atoms with Crippen LogP contribution in [0.25, 0.3) is 0 Å². The topological polar surface area (TPSA) is 93.4 Å². The lowest BCUT2D eigenvalue weighted by Crippen LogP contribution is -2.27. The van der Waals surface area contributed by atoms with Crippen molar-refractivity contribution in [2.45, 2.75) is 13.0 Å². The highest BCUT2D eigenvalue weighted by Crippen LogP contribution is 2.20. The van der Waals surface area contributed by atoms with E-state index < -0.39 is 10.0 Å². The maximum absolute atomic E-state index is 11.7. The summed E-state index contributed by atoms with van der Waals surface area (Å²) in [7, 11) is -3.52. The van der Waals surface area contributed by atoms with Gasteiger partial charge in [-0.1, -0.05) is 6.07 Å². The van der Waals surface area contributed by atoms with Gasteiger partial charge in [0, 0.05) is 25.1 Å². The first-order chi connectivity index (χ1) is 8.44. The van der Waals surface area contributed by atoms with Crippen molar-refractivity contribution in [3.63, 3.8) is 0 Å². The van der Waals surface area contributed by atoms with Crippen LogP contribution in [0.5, 0.6) is 0 Å². The molecular weight excluding hydrogens is 254 g/mol. The average Bonchev–Trinajstić information content (AvgIpc) is 2.58. The molecule has 1 atom stereocenters. The molecule has 1 aliphatic heterocycles. The molecule has 6 nitrogen and oxygen atoms in total. The van der Waals surface area contributed by atoms with Crippen LogP contribution < -0.4 is 5.14 Å². The lowest BCUT2D eigenvalue weighted by atomic mass is 10.1. The number of nitrogens with zero attached hydrogens (tertiary/aromatic N) is 2. The first-order valence-electron chi connectivity index (χ1n) is 5.62. The van der Waals surface area contributed by atoms with Crippen molar-refractivity contribution < 1.29 is 13.2 Å². The minimum atomic E-state index is -3.52. The van der Waals surface area contributed by atoms with Gasteiger partial charge in [-0.05, 0) is 12.1 Å². The Morgan fingerprint density at radius 3 is 2.83 bits per heavy atom. The molecule has 1 aromatic heterocycles. The molecule has 0 saturated carbocycles. The van der Waals surface area contributed by atoms with Crippen molar-refractivity contribution >= 4 is 15.9 Å². The molecule has 1 unspecified atom stereocenters. The molecule has 1 aliphatic rings. The van der Waals surface area contributed by atoms with Gasteiger partial charge >= 0.3 is 0 Å². The van der Waals surface area contributed by atoms with Crippen LogP contribution in [-0.4, -0.2) is 36.5 Å². The lowest BCUT2D eigenvalue weighted by molar-refractivity contribution is -0.128. The van der Waals surface area contributed by atoms with Gasteiger partial charge in [0.25, 0.3) is 0 Å². The highest BCUT2D eigenvalue weighted by molar-refractivity contribution is 7.89. The number of aromatic nitrogens is 1. The fraction of sp³-hybridized carbons (Fsp3) is 0.455. The van der Waals surface area contributed by atoms with E-state index in [1.165, 1.54) is 0 Å². The molecule has 7 heteroatoms. The number of carbonyl (C=O) groups excluding carboxylic acids is 1. The number of rotatable bonds is 4. The molecule has 98 valence electrons. The minimum Gasteiger partial charge on any atom is -0.336 e. The molecular formula is C11H15N3O3S. The fourth-order valence-electron chi connectivity index (χ4n) is 2.13. The third-order valence-corrected chi connectivity index (χ3v) is 3.78. The summed E-state index contributed by atoms with van der Waals surface area (Å²) in [5.41, 5.74) is 0.794. The Hall–Kier alpha value is -1.47. The number of nitrogens with two attached hydrogens (primary N) is 1. The number of hydrogen-bond acceptors (Lipinski definition) is 4. The van der Waals surface area contributed by atoms with Crippen molar-refractivity contribution in [2.75, 3.05) is 12.3 Å². The van der Waals surface area contributed by atoms with E-state index in [9.17, 15) is 13.2 Å². The number of amides is 1. The predicted molar refractivity (Wildman–Crippen MR) is 65.7 cm³/mol. The monoisotopic (exact) mass is 269 g/mol. The maximum Gasteiger partial charge on any atom is 0.223 e. The summed E-state index contributed by atoms with van der Waals surface area (Å²) in [6.45, 7) is 0.840. The van der Waals surface area contributed by atoms with Crippen LogP contribution in [0, 0.1) is 5.92 Å². The standard InChI is InChI=1S/C11H15N3O3S/c12-18(16,17)8-9-5-11(15)14(6-9)7-10-3-1-2-4-13-10/h1-4,9H,5-8H2,(H2,12,16,17). The Labute approximate surface area is 106 Å². The summed E-state index contributed by atoms with van der Waals surface area (Å²) < 4.78 is 22.0. The number of hydrogen-bond donors (Lipinski definition) is 1. The summed E-state index contributed by atoms with van der Waals surface area (Å²) in [5.74, 6) is -0.400. The normalized spacial score (nSPS) is 20.4. The van der Waals surface area contributed by atoms with Gasteiger partial charge in [0.2, 0.25) is 15.9 Å². The second-order valence-corrected chi connectivity index (χ2v) is 6.15. The molecule has 0 aliphatic carbocycles. The molecule has 1 amide bonds.